The number of fused-ring (bicyclic) bond motifs is 1. The first-order chi connectivity index (χ1) is 16.2. The molecule has 0 unspecified atom stereocenters. The summed E-state index contributed by atoms with van der Waals surface area (Å²) in [4.78, 5) is 13.1. The van der Waals surface area contributed by atoms with Gasteiger partial charge in [-0.1, -0.05) is 43.0 Å². The number of aryl methyl sites for hydroxylation is 1. The molecule has 0 radical (unpaired) electrons. The largest absolute Gasteiger partial charge is 0.497 e. The number of sulfonamides is 1. The second-order valence-corrected chi connectivity index (χ2v) is 12.5. The smallest absolute Gasteiger partial charge is 0.269 e. The Balaban J connectivity index is 1.62. The molecule has 2 aromatic carbocycles. The molecule has 0 saturated carbocycles. The Bertz CT molecular complexity index is 1290. The first kappa shape index (κ1) is 24.3. The third kappa shape index (κ3) is 5.13. The van der Waals surface area contributed by atoms with Crippen molar-refractivity contribution in [2.75, 3.05) is 23.3 Å². The Kier molecular flexibility index (Phi) is 7.01. The summed E-state index contributed by atoms with van der Waals surface area (Å²) in [5.41, 5.74) is 1.25. The Morgan fingerprint density at radius 3 is 2.65 bits per heavy atom. The van der Waals surface area contributed by atoms with Gasteiger partial charge in [0, 0.05) is 5.25 Å². The van der Waals surface area contributed by atoms with Gasteiger partial charge in [0.05, 0.1) is 24.2 Å². The van der Waals surface area contributed by atoms with Crippen molar-refractivity contribution in [1.82, 2.24) is 10.2 Å². The SMILES string of the molecule is COc1ccc(S(=O)(=O)N2C[C@@H](C(=O)Nc3nnc(SC(C)C)s3)Oc3cc(C)ccc32)cc1. The van der Waals surface area contributed by atoms with Gasteiger partial charge in [-0.2, -0.15) is 0 Å². The van der Waals surface area contributed by atoms with Gasteiger partial charge in [0.15, 0.2) is 10.4 Å². The molecule has 1 N–H and O–H groups in total. The number of hydrogen-bond acceptors (Lipinski definition) is 9. The number of rotatable bonds is 7. The monoisotopic (exact) mass is 520 g/mol. The number of amides is 1. The van der Waals surface area contributed by atoms with E-state index in [0.29, 0.717) is 27.6 Å². The molecule has 2 heterocycles. The van der Waals surface area contributed by atoms with E-state index in [1.165, 1.54) is 34.9 Å². The number of benzene rings is 2. The zero-order chi connectivity index (χ0) is 24.5. The van der Waals surface area contributed by atoms with Crippen LogP contribution in [0, 0.1) is 6.92 Å². The Labute approximate surface area is 206 Å². The summed E-state index contributed by atoms with van der Waals surface area (Å²) in [5, 5.41) is 11.4. The number of ether oxygens (including phenoxy) is 2. The van der Waals surface area contributed by atoms with E-state index in [1.54, 1.807) is 42.1 Å². The lowest BCUT2D eigenvalue weighted by atomic mass is 10.1. The molecule has 1 aliphatic rings. The number of aromatic nitrogens is 2. The topological polar surface area (TPSA) is 111 Å². The van der Waals surface area contributed by atoms with Crippen LogP contribution in [0.3, 0.4) is 0 Å². The summed E-state index contributed by atoms with van der Waals surface area (Å²) in [7, 11) is -2.46. The summed E-state index contributed by atoms with van der Waals surface area (Å²) < 4.78 is 40.1. The van der Waals surface area contributed by atoms with Crippen molar-refractivity contribution >= 4 is 49.8 Å². The number of anilines is 2. The molecule has 1 amide bonds. The number of thioether (sulfide) groups is 1. The third-order valence-electron chi connectivity index (χ3n) is 4.90. The van der Waals surface area contributed by atoms with Gasteiger partial charge < -0.3 is 9.47 Å². The van der Waals surface area contributed by atoms with Crippen molar-refractivity contribution < 1.29 is 22.7 Å². The average Bonchev–Trinajstić information content (AvgIpc) is 3.23. The molecule has 0 bridgehead atoms. The molecular formula is C22H24N4O5S3. The molecule has 1 atom stereocenters. The van der Waals surface area contributed by atoms with E-state index in [1.807, 2.05) is 20.8 Å². The fraction of sp³-hybridized carbons (Fsp3) is 0.318. The van der Waals surface area contributed by atoms with Gasteiger partial charge in [0.2, 0.25) is 5.13 Å². The number of nitrogens with one attached hydrogen (secondary N) is 1. The molecule has 3 aromatic rings. The van der Waals surface area contributed by atoms with E-state index in [-0.39, 0.29) is 11.4 Å². The highest BCUT2D eigenvalue weighted by atomic mass is 32.2. The average molecular weight is 521 g/mol. The first-order valence-electron chi connectivity index (χ1n) is 10.4. The fourth-order valence-electron chi connectivity index (χ4n) is 3.30. The molecule has 0 aliphatic carbocycles. The predicted molar refractivity (Wildman–Crippen MR) is 133 cm³/mol. The van der Waals surface area contributed by atoms with Crippen LogP contribution in [-0.4, -0.2) is 49.5 Å². The van der Waals surface area contributed by atoms with Crippen molar-refractivity contribution in [3.63, 3.8) is 0 Å². The summed E-state index contributed by atoms with van der Waals surface area (Å²) in [6.07, 6.45) is -1.08. The molecule has 1 aromatic heterocycles. The van der Waals surface area contributed by atoms with Crippen LogP contribution < -0.4 is 19.1 Å². The molecule has 0 fully saturated rings. The van der Waals surface area contributed by atoms with Crippen molar-refractivity contribution in [1.29, 1.82) is 0 Å². The highest BCUT2D eigenvalue weighted by Crippen LogP contribution is 2.38. The van der Waals surface area contributed by atoms with E-state index in [2.05, 4.69) is 15.5 Å². The summed E-state index contributed by atoms with van der Waals surface area (Å²) in [6.45, 7) is 5.75. The molecule has 0 spiro atoms. The van der Waals surface area contributed by atoms with Crippen molar-refractivity contribution in [2.24, 2.45) is 0 Å². The summed E-state index contributed by atoms with van der Waals surface area (Å²) in [6, 6.07) is 11.3. The maximum Gasteiger partial charge on any atom is 0.269 e. The van der Waals surface area contributed by atoms with Gasteiger partial charge >= 0.3 is 0 Å². The molecule has 12 heteroatoms. The maximum absolute atomic E-state index is 13.5. The normalized spacial score (nSPS) is 15.6. The highest BCUT2D eigenvalue weighted by Gasteiger charge is 2.38. The Hall–Kier alpha value is -2.83. The minimum absolute atomic E-state index is 0.0837. The lowest BCUT2D eigenvalue weighted by Crippen LogP contribution is -2.48. The maximum atomic E-state index is 13.5. The molecule has 34 heavy (non-hydrogen) atoms. The van der Waals surface area contributed by atoms with E-state index >= 15 is 0 Å². The van der Waals surface area contributed by atoms with Crippen LogP contribution in [0.1, 0.15) is 19.4 Å². The van der Waals surface area contributed by atoms with Crippen molar-refractivity contribution in [3.05, 3.63) is 48.0 Å². The number of carbonyl (C=O) groups is 1. The second kappa shape index (κ2) is 9.80. The number of nitrogens with zero attached hydrogens (tertiary/aromatic N) is 3. The zero-order valence-electron chi connectivity index (χ0n) is 19.0. The first-order valence-corrected chi connectivity index (χ1v) is 13.6. The van der Waals surface area contributed by atoms with Crippen LogP contribution in [0.25, 0.3) is 0 Å². The molecule has 0 saturated heterocycles. The van der Waals surface area contributed by atoms with E-state index < -0.39 is 22.0 Å². The number of methoxy groups -OCH3 is 1. The van der Waals surface area contributed by atoms with Crippen molar-refractivity contribution in [2.45, 2.75) is 41.4 Å². The van der Waals surface area contributed by atoms with Gasteiger partial charge in [0.25, 0.3) is 15.9 Å². The van der Waals surface area contributed by atoms with Crippen LogP contribution in [0.5, 0.6) is 11.5 Å². The van der Waals surface area contributed by atoms with Crippen LogP contribution in [0.4, 0.5) is 10.8 Å². The van der Waals surface area contributed by atoms with Crippen LogP contribution in [0.15, 0.2) is 51.7 Å². The quantitative estimate of drug-likeness (QED) is 0.368. The number of carbonyl (C=O) groups excluding carboxylic acids is 1. The van der Waals surface area contributed by atoms with Gasteiger partial charge in [-0.05, 0) is 48.9 Å². The van der Waals surface area contributed by atoms with E-state index in [0.717, 1.165) is 9.90 Å². The van der Waals surface area contributed by atoms with Crippen molar-refractivity contribution in [3.8, 4) is 11.5 Å². The lowest BCUT2D eigenvalue weighted by Gasteiger charge is -2.34. The Morgan fingerprint density at radius 1 is 1.24 bits per heavy atom. The minimum Gasteiger partial charge on any atom is -0.497 e. The van der Waals surface area contributed by atoms with E-state index in [4.69, 9.17) is 9.47 Å². The highest BCUT2D eigenvalue weighted by molar-refractivity contribution is 8.01. The summed E-state index contributed by atoms with van der Waals surface area (Å²) in [5.74, 6) is 0.359. The lowest BCUT2D eigenvalue weighted by molar-refractivity contribution is -0.122. The zero-order valence-corrected chi connectivity index (χ0v) is 21.5. The van der Waals surface area contributed by atoms with E-state index in [9.17, 15) is 13.2 Å². The summed E-state index contributed by atoms with van der Waals surface area (Å²) >= 11 is 2.80. The fourth-order valence-corrected chi connectivity index (χ4v) is 6.75. The third-order valence-corrected chi connectivity index (χ3v) is 8.62. The van der Waals surface area contributed by atoms with Crippen LogP contribution >= 0.6 is 23.1 Å². The molecule has 4 rings (SSSR count). The van der Waals surface area contributed by atoms with Gasteiger partial charge in [0.1, 0.15) is 11.5 Å². The molecule has 180 valence electrons. The molecular weight excluding hydrogens is 496 g/mol. The standard InChI is InChI=1S/C22H24N4O5S3/c1-13(2)32-22-25-24-21(33-22)23-20(27)19-12-26(17-10-5-14(3)11-18(17)31-19)34(28,29)16-8-6-15(30-4)7-9-16/h5-11,13,19H,12H2,1-4H3,(H,23,24,27)/t19-/m0/s1. The molecule has 1 aliphatic heterocycles. The van der Waals surface area contributed by atoms with Crippen LogP contribution in [-0.2, 0) is 14.8 Å². The van der Waals surface area contributed by atoms with Crippen LogP contribution in [0.2, 0.25) is 0 Å². The van der Waals surface area contributed by atoms with Gasteiger partial charge in [-0.15, -0.1) is 10.2 Å². The molecule has 9 nitrogen and oxygen atoms in total. The predicted octanol–water partition coefficient (Wildman–Crippen LogP) is 3.95. The second-order valence-electron chi connectivity index (χ2n) is 7.82. The minimum atomic E-state index is -3.97. The number of hydrogen-bond donors (Lipinski definition) is 1. The van der Waals surface area contributed by atoms with Gasteiger partial charge in [-0.3, -0.25) is 14.4 Å². The Morgan fingerprint density at radius 2 is 1.97 bits per heavy atom. The van der Waals surface area contributed by atoms with Gasteiger partial charge in [-0.25, -0.2) is 8.42 Å².